The average molecular weight is 275 g/mol. The van der Waals surface area contributed by atoms with Crippen molar-refractivity contribution < 1.29 is 4.74 Å². The quantitative estimate of drug-likeness (QED) is 0.866. The van der Waals surface area contributed by atoms with Crippen LogP contribution in [-0.2, 0) is 6.42 Å². The Hall–Kier alpha value is -1.16. The van der Waals surface area contributed by atoms with Gasteiger partial charge in [-0.05, 0) is 43.6 Å². The lowest BCUT2D eigenvalue weighted by atomic mass is 9.81. The first-order valence-corrected chi connectivity index (χ1v) is 7.88. The number of hydrogen-bond donors (Lipinski definition) is 1. The number of nitrogens with zero attached hydrogens (tertiary/aromatic N) is 2. The molecule has 0 aliphatic heterocycles. The van der Waals surface area contributed by atoms with Gasteiger partial charge in [0.1, 0.15) is 6.33 Å². The highest BCUT2D eigenvalue weighted by Crippen LogP contribution is 2.49. The molecule has 4 nitrogen and oxygen atoms in total. The monoisotopic (exact) mass is 275 g/mol. The normalized spacial score (nSPS) is 29.6. The fraction of sp³-hybridized carbons (Fsp3) is 0.750. The minimum absolute atomic E-state index is 0.551. The second-order valence-corrected chi connectivity index (χ2v) is 6.26. The summed E-state index contributed by atoms with van der Waals surface area (Å²) in [7, 11) is 1.66. The minimum Gasteiger partial charge on any atom is -0.481 e. The zero-order valence-electron chi connectivity index (χ0n) is 12.5. The highest BCUT2D eigenvalue weighted by atomic mass is 16.5. The van der Waals surface area contributed by atoms with Gasteiger partial charge in [0.2, 0.25) is 5.88 Å². The smallest absolute Gasteiger partial charge is 0.216 e. The minimum atomic E-state index is 0.551. The molecule has 1 heterocycles. The first-order valence-electron chi connectivity index (χ1n) is 7.88. The lowest BCUT2D eigenvalue weighted by Gasteiger charge is -2.31. The van der Waals surface area contributed by atoms with Crippen molar-refractivity contribution in [3.8, 4) is 5.88 Å². The van der Waals surface area contributed by atoms with Crippen LogP contribution >= 0.6 is 0 Å². The summed E-state index contributed by atoms with van der Waals surface area (Å²) in [4.78, 5) is 8.50. The SMILES string of the molecule is CCNC(Cc1cc(OC)ncn1)C1CC2CCC1C2. The highest BCUT2D eigenvalue weighted by molar-refractivity contribution is 5.15. The molecule has 1 aromatic heterocycles. The third-order valence-corrected chi connectivity index (χ3v) is 5.11. The topological polar surface area (TPSA) is 47.0 Å². The number of ether oxygens (including phenoxy) is 1. The number of aromatic nitrogens is 2. The molecule has 0 spiro atoms. The van der Waals surface area contributed by atoms with Gasteiger partial charge in [0, 0.05) is 24.2 Å². The molecule has 0 amide bonds. The fourth-order valence-corrected chi connectivity index (χ4v) is 4.25. The van der Waals surface area contributed by atoms with E-state index in [-0.39, 0.29) is 0 Å². The Bertz CT molecular complexity index is 451. The largest absolute Gasteiger partial charge is 0.481 e. The molecule has 4 atom stereocenters. The van der Waals surface area contributed by atoms with Crippen LogP contribution in [-0.4, -0.2) is 29.7 Å². The second kappa shape index (κ2) is 6.08. The van der Waals surface area contributed by atoms with Crippen LogP contribution in [0.5, 0.6) is 5.88 Å². The summed E-state index contributed by atoms with van der Waals surface area (Å²) in [6, 6.07) is 2.52. The van der Waals surface area contributed by atoms with E-state index in [2.05, 4.69) is 22.2 Å². The van der Waals surface area contributed by atoms with E-state index in [1.54, 1.807) is 13.4 Å². The Kier molecular flexibility index (Phi) is 4.20. The van der Waals surface area contributed by atoms with Gasteiger partial charge in [-0.1, -0.05) is 13.3 Å². The van der Waals surface area contributed by atoms with Crippen LogP contribution in [0.2, 0.25) is 0 Å². The summed E-state index contributed by atoms with van der Waals surface area (Å²) < 4.78 is 5.20. The zero-order chi connectivity index (χ0) is 13.9. The van der Waals surface area contributed by atoms with Crippen molar-refractivity contribution in [1.82, 2.24) is 15.3 Å². The first-order chi connectivity index (χ1) is 9.80. The summed E-state index contributed by atoms with van der Waals surface area (Å²) in [6.45, 7) is 3.22. The van der Waals surface area contributed by atoms with Gasteiger partial charge < -0.3 is 10.1 Å². The van der Waals surface area contributed by atoms with E-state index < -0.39 is 0 Å². The standard InChI is InChI=1S/C16H25N3O/c1-3-17-15(14-7-11-4-5-12(14)6-11)8-13-9-16(20-2)19-10-18-13/h9-12,14-15,17H,3-8H2,1-2H3. The predicted octanol–water partition coefficient (Wildman–Crippen LogP) is 2.44. The molecule has 2 fully saturated rings. The van der Waals surface area contributed by atoms with Crippen LogP contribution in [0.4, 0.5) is 0 Å². The maximum atomic E-state index is 5.20. The van der Waals surface area contributed by atoms with Crippen LogP contribution in [0.15, 0.2) is 12.4 Å². The third-order valence-electron chi connectivity index (χ3n) is 5.11. The average Bonchev–Trinajstić information content (AvgIpc) is 3.10. The molecule has 2 saturated carbocycles. The highest BCUT2D eigenvalue weighted by Gasteiger charge is 2.42. The molecule has 0 saturated heterocycles. The van der Waals surface area contributed by atoms with Crippen molar-refractivity contribution >= 4 is 0 Å². The molecule has 4 heteroatoms. The summed E-state index contributed by atoms with van der Waals surface area (Å²) in [5.41, 5.74) is 1.09. The molecule has 2 aliphatic rings. The fourth-order valence-electron chi connectivity index (χ4n) is 4.25. The maximum absolute atomic E-state index is 5.20. The second-order valence-electron chi connectivity index (χ2n) is 6.26. The molecular weight excluding hydrogens is 250 g/mol. The van der Waals surface area contributed by atoms with Gasteiger partial charge >= 0.3 is 0 Å². The number of likely N-dealkylation sites (N-methyl/N-ethyl adjacent to an activating group) is 1. The summed E-state index contributed by atoms with van der Waals surface area (Å²) >= 11 is 0. The van der Waals surface area contributed by atoms with E-state index in [0.717, 1.165) is 36.4 Å². The van der Waals surface area contributed by atoms with E-state index in [9.17, 15) is 0 Å². The molecule has 0 aromatic carbocycles. The van der Waals surface area contributed by atoms with Crippen LogP contribution in [0.3, 0.4) is 0 Å². The Morgan fingerprint density at radius 2 is 2.25 bits per heavy atom. The number of rotatable bonds is 6. The van der Waals surface area contributed by atoms with E-state index >= 15 is 0 Å². The summed E-state index contributed by atoms with van der Waals surface area (Å²) in [5.74, 6) is 3.42. The van der Waals surface area contributed by atoms with E-state index in [0.29, 0.717) is 11.9 Å². The third kappa shape index (κ3) is 2.80. The molecule has 2 bridgehead atoms. The van der Waals surface area contributed by atoms with Crippen molar-refractivity contribution in [2.75, 3.05) is 13.7 Å². The number of hydrogen-bond acceptors (Lipinski definition) is 4. The molecule has 20 heavy (non-hydrogen) atoms. The van der Waals surface area contributed by atoms with Crippen molar-refractivity contribution in [1.29, 1.82) is 0 Å². The van der Waals surface area contributed by atoms with Gasteiger partial charge in [-0.25, -0.2) is 9.97 Å². The van der Waals surface area contributed by atoms with Crippen molar-refractivity contribution in [3.63, 3.8) is 0 Å². The van der Waals surface area contributed by atoms with Crippen LogP contribution in [0.25, 0.3) is 0 Å². The van der Waals surface area contributed by atoms with E-state index in [1.165, 1.54) is 25.7 Å². The molecule has 1 aromatic rings. The van der Waals surface area contributed by atoms with Crippen molar-refractivity contribution in [3.05, 3.63) is 18.1 Å². The van der Waals surface area contributed by atoms with Crippen LogP contribution in [0, 0.1) is 17.8 Å². The molecule has 110 valence electrons. The lowest BCUT2D eigenvalue weighted by molar-refractivity contribution is 0.248. The van der Waals surface area contributed by atoms with Gasteiger partial charge in [0.25, 0.3) is 0 Å². The Morgan fingerprint density at radius 1 is 1.35 bits per heavy atom. The Labute approximate surface area is 121 Å². The Balaban J connectivity index is 1.70. The number of fused-ring (bicyclic) bond motifs is 2. The maximum Gasteiger partial charge on any atom is 0.216 e. The first kappa shape index (κ1) is 13.8. The predicted molar refractivity (Wildman–Crippen MR) is 78.7 cm³/mol. The molecule has 4 unspecified atom stereocenters. The Morgan fingerprint density at radius 3 is 2.90 bits per heavy atom. The van der Waals surface area contributed by atoms with Crippen LogP contribution < -0.4 is 10.1 Å². The number of methoxy groups -OCH3 is 1. The number of nitrogens with one attached hydrogen (secondary N) is 1. The van der Waals surface area contributed by atoms with Gasteiger partial charge in [-0.2, -0.15) is 0 Å². The van der Waals surface area contributed by atoms with E-state index in [1.807, 2.05) is 6.07 Å². The van der Waals surface area contributed by atoms with Crippen LogP contribution in [0.1, 0.15) is 38.3 Å². The van der Waals surface area contributed by atoms with Gasteiger partial charge in [-0.15, -0.1) is 0 Å². The van der Waals surface area contributed by atoms with E-state index in [4.69, 9.17) is 4.74 Å². The molecule has 2 aliphatic carbocycles. The van der Waals surface area contributed by atoms with Gasteiger partial charge in [0.15, 0.2) is 0 Å². The summed E-state index contributed by atoms with van der Waals surface area (Å²) in [5, 5.41) is 3.69. The lowest BCUT2D eigenvalue weighted by Crippen LogP contribution is -2.40. The van der Waals surface area contributed by atoms with Crippen molar-refractivity contribution in [2.45, 2.75) is 45.1 Å². The summed E-state index contributed by atoms with van der Waals surface area (Å²) in [6.07, 6.45) is 8.36. The molecule has 1 N–H and O–H groups in total. The van der Waals surface area contributed by atoms with Gasteiger partial charge in [-0.3, -0.25) is 0 Å². The van der Waals surface area contributed by atoms with Gasteiger partial charge in [0.05, 0.1) is 7.11 Å². The molecular formula is C16H25N3O. The zero-order valence-corrected chi connectivity index (χ0v) is 12.5. The molecule has 3 rings (SSSR count). The van der Waals surface area contributed by atoms with Crippen molar-refractivity contribution in [2.24, 2.45) is 17.8 Å². The molecule has 0 radical (unpaired) electrons.